The van der Waals surface area contributed by atoms with Crippen molar-refractivity contribution in [1.29, 1.82) is 0 Å². The zero-order valence-electron chi connectivity index (χ0n) is 11.9. The Kier molecular flexibility index (Phi) is 5.76. The Labute approximate surface area is 154 Å². The third-order valence-corrected chi connectivity index (χ3v) is 3.74. The molecule has 25 heavy (non-hydrogen) atoms. The number of hydrogen-bond donors (Lipinski definition) is 2. The second-order valence-electron chi connectivity index (χ2n) is 4.56. The number of aromatic nitrogens is 1. The molecule has 1 aromatic carbocycles. The van der Waals surface area contributed by atoms with Gasteiger partial charge in [0.25, 0.3) is 5.91 Å². The summed E-state index contributed by atoms with van der Waals surface area (Å²) in [6.45, 7) is 0. The number of halogens is 6. The Morgan fingerprint density at radius 3 is 2.16 bits per heavy atom. The summed E-state index contributed by atoms with van der Waals surface area (Å²) in [5.74, 6) is -1.26. The lowest BCUT2D eigenvalue weighted by atomic mass is 10.2. The molecule has 0 aliphatic heterocycles. The summed E-state index contributed by atoms with van der Waals surface area (Å²) in [5, 5.41) is 3.56. The Balaban J connectivity index is 2.12. The van der Waals surface area contributed by atoms with Gasteiger partial charge in [-0.2, -0.15) is 13.2 Å². The van der Waals surface area contributed by atoms with Crippen molar-refractivity contribution in [1.82, 2.24) is 10.3 Å². The minimum atomic E-state index is -4.63. The molecule has 0 saturated carbocycles. The van der Waals surface area contributed by atoms with Gasteiger partial charge in [0.05, 0.1) is 26.2 Å². The van der Waals surface area contributed by atoms with E-state index in [1.54, 1.807) is 0 Å². The number of carbonyl (C=O) groups is 2. The van der Waals surface area contributed by atoms with Gasteiger partial charge < -0.3 is 0 Å². The first-order valence-electron chi connectivity index (χ1n) is 6.38. The number of rotatable bonds is 2. The summed E-state index contributed by atoms with van der Waals surface area (Å²) in [5.41, 5.74) is -1.21. The van der Waals surface area contributed by atoms with E-state index in [4.69, 9.17) is 34.8 Å². The second kappa shape index (κ2) is 7.47. The maximum Gasteiger partial charge on any atom is 0.417 e. The van der Waals surface area contributed by atoms with E-state index in [2.05, 4.69) is 10.3 Å². The monoisotopic (exact) mass is 411 g/mol. The molecule has 0 aliphatic carbocycles. The van der Waals surface area contributed by atoms with Crippen molar-refractivity contribution in [2.24, 2.45) is 0 Å². The van der Waals surface area contributed by atoms with Crippen molar-refractivity contribution >= 4 is 52.6 Å². The Morgan fingerprint density at radius 1 is 1.04 bits per heavy atom. The smallest absolute Gasteiger partial charge is 0.291 e. The summed E-state index contributed by atoms with van der Waals surface area (Å²) in [7, 11) is 0. The SMILES string of the molecule is O=C(NC(=O)c1c(Cl)cccc1Cl)Nc1ncc(C(F)(F)F)cc1Cl. The largest absolute Gasteiger partial charge is 0.417 e. The van der Waals surface area contributed by atoms with E-state index in [0.29, 0.717) is 12.3 Å². The van der Waals surface area contributed by atoms with Crippen LogP contribution >= 0.6 is 34.8 Å². The van der Waals surface area contributed by atoms with Crippen LogP contribution in [0.2, 0.25) is 15.1 Å². The zero-order chi connectivity index (χ0) is 18.8. The zero-order valence-corrected chi connectivity index (χ0v) is 14.2. The highest BCUT2D eigenvalue weighted by atomic mass is 35.5. The number of imide groups is 1. The summed E-state index contributed by atoms with van der Waals surface area (Å²) in [4.78, 5) is 27.2. The molecule has 2 aromatic rings. The lowest BCUT2D eigenvalue weighted by Gasteiger charge is -2.11. The van der Waals surface area contributed by atoms with Crippen LogP contribution in [-0.4, -0.2) is 16.9 Å². The summed E-state index contributed by atoms with van der Waals surface area (Å²) in [6.07, 6.45) is -4.14. The molecular weight excluding hydrogens is 406 g/mol. The van der Waals surface area contributed by atoms with Crippen LogP contribution in [0.25, 0.3) is 0 Å². The fourth-order valence-electron chi connectivity index (χ4n) is 1.70. The number of hydrogen-bond acceptors (Lipinski definition) is 3. The van der Waals surface area contributed by atoms with Crippen molar-refractivity contribution in [3.63, 3.8) is 0 Å². The van der Waals surface area contributed by atoms with Gasteiger partial charge in [-0.05, 0) is 18.2 Å². The average Bonchev–Trinajstić information content (AvgIpc) is 2.48. The van der Waals surface area contributed by atoms with Crippen molar-refractivity contribution in [2.45, 2.75) is 6.18 Å². The van der Waals surface area contributed by atoms with E-state index >= 15 is 0 Å². The van der Waals surface area contributed by atoms with Crippen LogP contribution in [0.5, 0.6) is 0 Å². The van der Waals surface area contributed by atoms with E-state index in [1.807, 2.05) is 5.32 Å². The van der Waals surface area contributed by atoms with E-state index in [1.165, 1.54) is 18.2 Å². The molecule has 3 amide bonds. The first kappa shape index (κ1) is 19.3. The first-order valence-corrected chi connectivity index (χ1v) is 7.52. The van der Waals surface area contributed by atoms with Crippen molar-refractivity contribution in [3.8, 4) is 0 Å². The summed E-state index contributed by atoms with van der Waals surface area (Å²) in [6, 6.07) is 3.82. The van der Waals surface area contributed by atoms with Crippen LogP contribution in [0.3, 0.4) is 0 Å². The Hall–Kier alpha value is -2.03. The molecule has 1 aromatic heterocycles. The molecule has 0 unspecified atom stereocenters. The number of benzene rings is 1. The third-order valence-electron chi connectivity index (χ3n) is 2.82. The molecule has 5 nitrogen and oxygen atoms in total. The van der Waals surface area contributed by atoms with Crippen LogP contribution in [0, 0.1) is 0 Å². The molecule has 0 atom stereocenters. The van der Waals surface area contributed by atoms with Gasteiger partial charge in [-0.25, -0.2) is 9.78 Å². The van der Waals surface area contributed by atoms with E-state index in [9.17, 15) is 22.8 Å². The quantitative estimate of drug-likeness (QED) is 0.727. The molecule has 0 bridgehead atoms. The number of pyridine rings is 1. The standard InChI is InChI=1S/C14H7Cl3F3N3O2/c15-7-2-1-3-8(16)10(7)12(24)23-13(25)22-11-9(17)4-6(5-21-11)14(18,19)20/h1-5H,(H2,21,22,23,24,25). The summed E-state index contributed by atoms with van der Waals surface area (Å²) >= 11 is 17.3. The number of carbonyl (C=O) groups excluding carboxylic acids is 2. The molecule has 0 aliphatic rings. The minimum Gasteiger partial charge on any atom is -0.291 e. The molecule has 2 rings (SSSR count). The fraction of sp³-hybridized carbons (Fsp3) is 0.0714. The van der Waals surface area contributed by atoms with Crippen molar-refractivity contribution < 1.29 is 22.8 Å². The number of anilines is 1. The normalized spacial score (nSPS) is 11.1. The van der Waals surface area contributed by atoms with E-state index < -0.39 is 28.7 Å². The highest BCUT2D eigenvalue weighted by Gasteiger charge is 2.31. The molecule has 132 valence electrons. The first-order chi connectivity index (χ1) is 11.6. The van der Waals surface area contributed by atoms with Crippen LogP contribution in [0.15, 0.2) is 30.5 Å². The maximum absolute atomic E-state index is 12.5. The van der Waals surface area contributed by atoms with Gasteiger partial charge in [0.2, 0.25) is 0 Å². The van der Waals surface area contributed by atoms with Gasteiger partial charge in [0.1, 0.15) is 0 Å². The molecule has 0 saturated heterocycles. The van der Waals surface area contributed by atoms with Gasteiger partial charge in [-0.15, -0.1) is 0 Å². The number of nitrogens with zero attached hydrogens (tertiary/aromatic N) is 1. The lowest BCUT2D eigenvalue weighted by molar-refractivity contribution is -0.137. The third kappa shape index (κ3) is 4.75. The predicted octanol–water partition coefficient (Wildman–Crippen LogP) is 5.02. The number of alkyl halides is 3. The van der Waals surface area contributed by atoms with Crippen molar-refractivity contribution in [2.75, 3.05) is 5.32 Å². The molecule has 11 heteroatoms. The summed E-state index contributed by atoms with van der Waals surface area (Å²) < 4.78 is 37.6. The molecule has 0 radical (unpaired) electrons. The Morgan fingerprint density at radius 2 is 1.64 bits per heavy atom. The fourth-order valence-corrected chi connectivity index (χ4v) is 2.49. The van der Waals surface area contributed by atoms with Crippen LogP contribution in [0.4, 0.5) is 23.8 Å². The van der Waals surface area contributed by atoms with Gasteiger partial charge in [0, 0.05) is 6.20 Å². The van der Waals surface area contributed by atoms with Crippen LogP contribution < -0.4 is 10.6 Å². The molecular formula is C14H7Cl3F3N3O2. The second-order valence-corrected chi connectivity index (χ2v) is 5.78. The highest BCUT2D eigenvalue weighted by Crippen LogP contribution is 2.32. The van der Waals surface area contributed by atoms with Gasteiger partial charge in [-0.3, -0.25) is 15.4 Å². The maximum atomic E-state index is 12.5. The number of nitrogens with one attached hydrogen (secondary N) is 2. The van der Waals surface area contributed by atoms with Crippen LogP contribution in [-0.2, 0) is 6.18 Å². The van der Waals surface area contributed by atoms with E-state index in [-0.39, 0.29) is 21.4 Å². The predicted molar refractivity (Wildman–Crippen MR) is 87.2 cm³/mol. The highest BCUT2D eigenvalue weighted by molar-refractivity contribution is 6.40. The topological polar surface area (TPSA) is 71.1 Å². The van der Waals surface area contributed by atoms with Crippen LogP contribution in [0.1, 0.15) is 15.9 Å². The number of urea groups is 1. The van der Waals surface area contributed by atoms with Gasteiger partial charge >= 0.3 is 12.2 Å². The minimum absolute atomic E-state index is 0.0171. The van der Waals surface area contributed by atoms with E-state index in [0.717, 1.165) is 0 Å². The average molecular weight is 413 g/mol. The van der Waals surface area contributed by atoms with Gasteiger partial charge in [0.15, 0.2) is 5.82 Å². The van der Waals surface area contributed by atoms with Gasteiger partial charge in [-0.1, -0.05) is 40.9 Å². The number of amides is 3. The molecule has 0 spiro atoms. The Bertz CT molecular complexity index is 824. The van der Waals surface area contributed by atoms with Crippen molar-refractivity contribution in [3.05, 3.63) is 56.7 Å². The molecule has 1 heterocycles. The lowest BCUT2D eigenvalue weighted by Crippen LogP contribution is -2.35. The molecule has 0 fully saturated rings. The molecule has 2 N–H and O–H groups in total.